The summed E-state index contributed by atoms with van der Waals surface area (Å²) in [6, 6.07) is 2.07. The van der Waals surface area contributed by atoms with Crippen LogP contribution in [-0.4, -0.2) is 41.1 Å². The normalized spacial score (nSPS) is 25.5. The van der Waals surface area contributed by atoms with Crippen LogP contribution in [0.3, 0.4) is 0 Å². The van der Waals surface area contributed by atoms with E-state index in [-0.39, 0.29) is 5.76 Å². The molecule has 2 rings (SSSR count). The minimum Gasteiger partial charge on any atom is -0.478 e. The number of amides is 3. The van der Waals surface area contributed by atoms with Gasteiger partial charge in [-0.05, 0) is 19.1 Å². The van der Waals surface area contributed by atoms with Gasteiger partial charge >= 0.3 is 17.7 Å². The Kier molecular flexibility index (Phi) is 3.61. The Labute approximate surface area is 116 Å². The Morgan fingerprint density at radius 3 is 2.86 bits per heavy atom. The summed E-state index contributed by atoms with van der Waals surface area (Å²) in [6.07, 6.45) is -1.07. The molecule has 1 saturated heterocycles. The fourth-order valence-corrected chi connectivity index (χ4v) is 1.54. The minimum atomic E-state index is -3.50. The molecule has 2 heterocycles. The molecule has 1 aliphatic heterocycles. The van der Waals surface area contributed by atoms with E-state index in [1.54, 1.807) is 13.0 Å². The second-order valence-electron chi connectivity index (χ2n) is 4.11. The van der Waals surface area contributed by atoms with Crippen molar-refractivity contribution in [2.45, 2.75) is 18.8 Å². The Balaban J connectivity index is 2.15. The van der Waals surface area contributed by atoms with Gasteiger partial charge in [-0.1, -0.05) is 5.16 Å². The fraction of sp³-hybridized carbons (Fsp3) is 0.273. The molecule has 2 atom stereocenters. The van der Waals surface area contributed by atoms with Gasteiger partial charge in [-0.25, -0.2) is 14.0 Å². The maximum atomic E-state index is 14.2. The van der Waals surface area contributed by atoms with Crippen LogP contribution < -0.4 is 10.6 Å². The summed E-state index contributed by atoms with van der Waals surface area (Å²) in [5.41, 5.74) is -3.50. The van der Waals surface area contributed by atoms with Gasteiger partial charge in [-0.15, -0.1) is 0 Å². The van der Waals surface area contributed by atoms with Gasteiger partial charge in [0.05, 0.1) is 0 Å². The SMILES string of the molecule is Cc1ccc(C=NOC2NC(=O)NC(=O)C2(F)C(=O)O)o1. The first-order valence-electron chi connectivity index (χ1n) is 5.64. The third-order valence-corrected chi connectivity index (χ3v) is 2.60. The molecule has 10 heteroatoms. The zero-order valence-corrected chi connectivity index (χ0v) is 10.6. The fourth-order valence-electron chi connectivity index (χ4n) is 1.54. The largest absolute Gasteiger partial charge is 0.478 e. The molecule has 2 unspecified atom stereocenters. The summed E-state index contributed by atoms with van der Waals surface area (Å²) in [7, 11) is 0. The van der Waals surface area contributed by atoms with E-state index < -0.39 is 29.8 Å². The number of nitrogens with zero attached hydrogens (tertiary/aromatic N) is 1. The van der Waals surface area contributed by atoms with Crippen molar-refractivity contribution < 1.29 is 33.1 Å². The Morgan fingerprint density at radius 1 is 1.57 bits per heavy atom. The maximum absolute atomic E-state index is 14.2. The molecule has 3 amide bonds. The zero-order valence-electron chi connectivity index (χ0n) is 10.6. The summed E-state index contributed by atoms with van der Waals surface area (Å²) in [5, 5.41) is 15.4. The van der Waals surface area contributed by atoms with Crippen LogP contribution in [0.1, 0.15) is 11.5 Å². The molecule has 1 aliphatic rings. The lowest BCUT2D eigenvalue weighted by atomic mass is 10.0. The van der Waals surface area contributed by atoms with E-state index in [1.165, 1.54) is 11.4 Å². The highest BCUT2D eigenvalue weighted by molar-refractivity contribution is 6.13. The molecule has 112 valence electrons. The second-order valence-corrected chi connectivity index (χ2v) is 4.11. The molecule has 1 fully saturated rings. The van der Waals surface area contributed by atoms with E-state index in [9.17, 15) is 18.8 Å². The number of urea groups is 1. The first kappa shape index (κ1) is 14.5. The smallest absolute Gasteiger partial charge is 0.357 e. The molecule has 0 saturated carbocycles. The highest BCUT2D eigenvalue weighted by Crippen LogP contribution is 2.22. The number of carbonyl (C=O) groups excluding carboxylic acids is 2. The lowest BCUT2D eigenvalue weighted by Crippen LogP contribution is -2.70. The van der Waals surface area contributed by atoms with E-state index in [0.29, 0.717) is 5.76 Å². The number of alkyl halides is 1. The molecule has 3 N–H and O–H groups in total. The van der Waals surface area contributed by atoms with Crippen molar-refractivity contribution in [2.75, 3.05) is 0 Å². The standard InChI is InChI=1S/C11H10FN3O6/c1-5-2-3-6(20-5)4-13-21-8-11(12,9(17)18)7(16)14-10(19)15-8/h2-4,8H,1H3,(H,17,18)(H2,14,15,16,19). The van der Waals surface area contributed by atoms with Crippen LogP contribution in [0.4, 0.5) is 9.18 Å². The van der Waals surface area contributed by atoms with Crippen LogP contribution in [0.25, 0.3) is 0 Å². The predicted octanol–water partition coefficient (Wildman–Crippen LogP) is -0.103. The average Bonchev–Trinajstić information content (AvgIpc) is 2.80. The number of carbonyl (C=O) groups is 3. The molecule has 21 heavy (non-hydrogen) atoms. The van der Waals surface area contributed by atoms with E-state index in [0.717, 1.165) is 6.21 Å². The molecule has 0 aliphatic carbocycles. The highest BCUT2D eigenvalue weighted by Gasteiger charge is 2.60. The Hall–Kier alpha value is -2.91. The number of hydrogen-bond donors (Lipinski definition) is 3. The molecule has 0 bridgehead atoms. The number of nitrogens with one attached hydrogen (secondary N) is 2. The quantitative estimate of drug-likeness (QED) is 0.404. The van der Waals surface area contributed by atoms with E-state index in [4.69, 9.17) is 9.52 Å². The van der Waals surface area contributed by atoms with Gasteiger partial charge in [-0.3, -0.25) is 15.4 Å². The predicted molar refractivity (Wildman–Crippen MR) is 64.1 cm³/mol. The van der Waals surface area contributed by atoms with Crippen molar-refractivity contribution in [3.05, 3.63) is 23.7 Å². The third kappa shape index (κ3) is 2.68. The number of carboxylic acid groups (broad SMARTS) is 1. The molecule has 1 aromatic rings. The number of halogens is 1. The zero-order chi connectivity index (χ0) is 15.6. The van der Waals surface area contributed by atoms with Crippen LogP contribution in [-0.2, 0) is 14.4 Å². The number of carboxylic acids is 1. The number of hydrogen-bond acceptors (Lipinski definition) is 6. The lowest BCUT2D eigenvalue weighted by molar-refractivity contribution is -0.174. The van der Waals surface area contributed by atoms with Crippen molar-refractivity contribution in [3.63, 3.8) is 0 Å². The summed E-state index contributed by atoms with van der Waals surface area (Å²) in [5.74, 6) is -2.91. The number of rotatable bonds is 4. The molecule has 1 aromatic heterocycles. The van der Waals surface area contributed by atoms with Gasteiger partial charge in [0.1, 0.15) is 17.7 Å². The topological polar surface area (TPSA) is 130 Å². The van der Waals surface area contributed by atoms with Crippen LogP contribution in [0, 0.1) is 6.92 Å². The van der Waals surface area contributed by atoms with Crippen LogP contribution in [0.15, 0.2) is 21.7 Å². The molecule has 0 radical (unpaired) electrons. The van der Waals surface area contributed by atoms with Gasteiger partial charge in [0.25, 0.3) is 12.1 Å². The molecular weight excluding hydrogens is 289 g/mol. The van der Waals surface area contributed by atoms with Crippen LogP contribution in [0.2, 0.25) is 0 Å². The van der Waals surface area contributed by atoms with Crippen LogP contribution >= 0.6 is 0 Å². The summed E-state index contributed by atoms with van der Waals surface area (Å²) >= 11 is 0. The van der Waals surface area contributed by atoms with E-state index >= 15 is 0 Å². The first-order valence-corrected chi connectivity index (χ1v) is 5.64. The lowest BCUT2D eigenvalue weighted by Gasteiger charge is -2.31. The number of imide groups is 1. The summed E-state index contributed by atoms with van der Waals surface area (Å²) < 4.78 is 19.3. The third-order valence-electron chi connectivity index (χ3n) is 2.60. The first-order chi connectivity index (χ1) is 9.84. The van der Waals surface area contributed by atoms with E-state index in [1.807, 2.05) is 5.32 Å². The van der Waals surface area contributed by atoms with Crippen molar-refractivity contribution in [3.8, 4) is 0 Å². The molecule has 0 aromatic carbocycles. The summed E-state index contributed by atoms with van der Waals surface area (Å²) in [6.45, 7) is 1.68. The van der Waals surface area contributed by atoms with Crippen LogP contribution in [0.5, 0.6) is 0 Å². The van der Waals surface area contributed by atoms with Gasteiger partial charge in [-0.2, -0.15) is 0 Å². The highest BCUT2D eigenvalue weighted by atomic mass is 19.1. The van der Waals surface area contributed by atoms with Crippen molar-refractivity contribution in [1.29, 1.82) is 0 Å². The minimum absolute atomic E-state index is 0.263. The average molecular weight is 299 g/mol. The molecular formula is C11H10FN3O6. The monoisotopic (exact) mass is 299 g/mol. The Bertz CT molecular complexity index is 627. The molecule has 0 spiro atoms. The van der Waals surface area contributed by atoms with Crippen molar-refractivity contribution >= 4 is 24.1 Å². The second kappa shape index (κ2) is 5.23. The number of oxime groups is 1. The van der Waals surface area contributed by atoms with Gasteiger partial charge in [0.15, 0.2) is 0 Å². The number of aryl methyl sites for hydroxylation is 1. The number of furan rings is 1. The summed E-state index contributed by atoms with van der Waals surface area (Å²) in [4.78, 5) is 37.9. The Morgan fingerprint density at radius 2 is 2.29 bits per heavy atom. The van der Waals surface area contributed by atoms with E-state index in [2.05, 4.69) is 9.99 Å². The van der Waals surface area contributed by atoms with Gasteiger partial charge in [0.2, 0.25) is 0 Å². The van der Waals surface area contributed by atoms with Crippen molar-refractivity contribution in [1.82, 2.24) is 10.6 Å². The number of aliphatic carboxylic acids is 1. The molecule has 9 nitrogen and oxygen atoms in total. The van der Waals surface area contributed by atoms with Gasteiger partial charge in [0, 0.05) is 0 Å². The van der Waals surface area contributed by atoms with Gasteiger partial charge < -0.3 is 14.4 Å². The maximum Gasteiger partial charge on any atom is 0.357 e. The van der Waals surface area contributed by atoms with Crippen molar-refractivity contribution in [2.24, 2.45) is 5.16 Å².